The molecule has 2 aromatic carbocycles. The first-order valence-electron chi connectivity index (χ1n) is 9.35. The molecular weight excluding hydrogens is 428 g/mol. The van der Waals surface area contributed by atoms with Crippen LogP contribution in [0.3, 0.4) is 0 Å². The topological polar surface area (TPSA) is 119 Å². The number of rotatable bonds is 10. The number of methoxy groups -OCH3 is 1. The van der Waals surface area contributed by atoms with Crippen molar-refractivity contribution < 1.29 is 26.4 Å². The Morgan fingerprint density at radius 3 is 2.27 bits per heavy atom. The number of hydrogen-bond acceptors (Lipinski definition) is 6. The van der Waals surface area contributed by atoms with Gasteiger partial charge in [-0.15, -0.1) is 0 Å². The van der Waals surface area contributed by atoms with Gasteiger partial charge in [-0.25, -0.2) is 21.6 Å². The minimum Gasteiger partial charge on any atom is -0.383 e. The maximum Gasteiger partial charge on any atom is 0.256 e. The van der Waals surface area contributed by atoms with E-state index in [2.05, 4.69) is 10.0 Å². The second-order valence-corrected chi connectivity index (χ2v) is 10.6. The lowest BCUT2D eigenvalue weighted by molar-refractivity contribution is 0.102. The Morgan fingerprint density at radius 1 is 1.03 bits per heavy atom. The zero-order valence-corrected chi connectivity index (χ0v) is 18.7. The molecule has 0 aliphatic heterocycles. The van der Waals surface area contributed by atoms with Crippen LogP contribution in [0.1, 0.15) is 30.6 Å². The van der Waals surface area contributed by atoms with E-state index in [0.29, 0.717) is 12.1 Å². The van der Waals surface area contributed by atoms with Gasteiger partial charge in [0.15, 0.2) is 9.84 Å². The number of sulfone groups is 1. The van der Waals surface area contributed by atoms with Gasteiger partial charge in [-0.2, -0.15) is 0 Å². The van der Waals surface area contributed by atoms with E-state index in [0.717, 1.165) is 0 Å². The molecule has 1 unspecified atom stereocenters. The molecule has 0 spiro atoms. The fraction of sp³-hybridized carbons (Fsp3) is 0.350. The van der Waals surface area contributed by atoms with Crippen molar-refractivity contribution in [3.8, 4) is 0 Å². The molecule has 2 rings (SSSR count). The molecule has 2 aromatic rings. The Morgan fingerprint density at radius 2 is 1.67 bits per heavy atom. The number of sulfonamides is 1. The van der Waals surface area contributed by atoms with Gasteiger partial charge >= 0.3 is 0 Å². The maximum atomic E-state index is 12.7. The highest BCUT2D eigenvalue weighted by Gasteiger charge is 2.22. The number of ether oxygens (including phenoxy) is 1. The summed E-state index contributed by atoms with van der Waals surface area (Å²) in [5.74, 6) is -0.647. The van der Waals surface area contributed by atoms with Crippen molar-refractivity contribution in [2.45, 2.75) is 36.1 Å². The molecule has 30 heavy (non-hydrogen) atoms. The van der Waals surface area contributed by atoms with Crippen LogP contribution in [0.25, 0.3) is 0 Å². The lowest BCUT2D eigenvalue weighted by atomic mass is 10.2. The van der Waals surface area contributed by atoms with Gasteiger partial charge in [-0.3, -0.25) is 4.79 Å². The molecule has 0 radical (unpaired) electrons. The molecule has 8 nitrogen and oxygen atoms in total. The summed E-state index contributed by atoms with van der Waals surface area (Å²) in [6, 6.07) is 11.2. The Bertz CT molecular complexity index is 1080. The van der Waals surface area contributed by atoms with E-state index in [1.54, 1.807) is 26.0 Å². The summed E-state index contributed by atoms with van der Waals surface area (Å²) in [5, 5.41) is 2.61. The molecule has 0 bridgehead atoms. The van der Waals surface area contributed by atoms with Crippen LogP contribution in [0.5, 0.6) is 0 Å². The van der Waals surface area contributed by atoms with E-state index in [1.807, 2.05) is 0 Å². The van der Waals surface area contributed by atoms with E-state index in [1.165, 1.54) is 43.5 Å². The van der Waals surface area contributed by atoms with Gasteiger partial charge in [-0.05, 0) is 49.7 Å². The molecule has 0 saturated carbocycles. The molecule has 0 heterocycles. The van der Waals surface area contributed by atoms with Crippen LogP contribution in [0, 0.1) is 0 Å². The standard InChI is InChI=1S/C20H26N2O6S2/c1-4-13-29(24,25)19-8-6-5-7-18(19)20(23)21-16-9-11-17(12-10-16)30(26,27)22-15(2)14-28-3/h5-12,15,22H,4,13-14H2,1-3H3,(H,21,23). The van der Waals surface area contributed by atoms with Gasteiger partial charge in [0.2, 0.25) is 10.0 Å². The lowest BCUT2D eigenvalue weighted by Gasteiger charge is -2.14. The van der Waals surface area contributed by atoms with Crippen LogP contribution in [-0.2, 0) is 24.6 Å². The van der Waals surface area contributed by atoms with Crippen molar-refractivity contribution in [2.24, 2.45) is 0 Å². The third-order valence-corrected chi connectivity index (χ3v) is 7.71. The summed E-state index contributed by atoms with van der Waals surface area (Å²) in [7, 11) is -5.83. The quantitative estimate of drug-likeness (QED) is 0.569. The Hall–Kier alpha value is -2.27. The molecular formula is C20H26N2O6S2. The summed E-state index contributed by atoms with van der Waals surface area (Å²) in [5.41, 5.74) is 0.379. The predicted molar refractivity (Wildman–Crippen MR) is 115 cm³/mol. The van der Waals surface area contributed by atoms with Crippen molar-refractivity contribution in [1.82, 2.24) is 4.72 Å². The molecule has 0 aliphatic carbocycles. The van der Waals surface area contributed by atoms with Crippen molar-refractivity contribution in [3.05, 3.63) is 54.1 Å². The molecule has 0 fully saturated rings. The van der Waals surface area contributed by atoms with Crippen molar-refractivity contribution >= 4 is 31.5 Å². The summed E-state index contributed by atoms with van der Waals surface area (Å²) < 4.78 is 57.0. The summed E-state index contributed by atoms with van der Waals surface area (Å²) in [4.78, 5) is 12.7. The van der Waals surface area contributed by atoms with E-state index in [4.69, 9.17) is 4.74 Å². The van der Waals surface area contributed by atoms with Crippen LogP contribution in [0.4, 0.5) is 5.69 Å². The highest BCUT2D eigenvalue weighted by atomic mass is 32.2. The van der Waals surface area contributed by atoms with Crippen LogP contribution < -0.4 is 10.0 Å². The zero-order valence-electron chi connectivity index (χ0n) is 17.1. The SMILES string of the molecule is CCCS(=O)(=O)c1ccccc1C(=O)Nc1ccc(S(=O)(=O)NC(C)COC)cc1. The third-order valence-electron chi connectivity index (χ3n) is 4.14. The molecule has 1 atom stereocenters. The van der Waals surface area contributed by atoms with E-state index in [-0.39, 0.29) is 27.7 Å². The minimum absolute atomic E-state index is 0.0279. The average Bonchev–Trinajstić information content (AvgIpc) is 2.68. The highest BCUT2D eigenvalue weighted by Crippen LogP contribution is 2.20. The zero-order chi connectivity index (χ0) is 22.4. The van der Waals surface area contributed by atoms with Crippen LogP contribution >= 0.6 is 0 Å². The number of benzene rings is 2. The van der Waals surface area contributed by atoms with Gasteiger partial charge < -0.3 is 10.1 Å². The number of carbonyl (C=O) groups is 1. The summed E-state index contributed by atoms with van der Waals surface area (Å²) in [6.07, 6.45) is 0.436. The number of carbonyl (C=O) groups excluding carboxylic acids is 1. The van der Waals surface area contributed by atoms with Gasteiger partial charge in [0, 0.05) is 18.8 Å². The monoisotopic (exact) mass is 454 g/mol. The smallest absolute Gasteiger partial charge is 0.256 e. The maximum absolute atomic E-state index is 12.7. The fourth-order valence-corrected chi connectivity index (χ4v) is 5.60. The van der Waals surface area contributed by atoms with Gasteiger partial charge in [0.1, 0.15) is 0 Å². The molecule has 0 aromatic heterocycles. The van der Waals surface area contributed by atoms with Crippen molar-refractivity contribution in [2.75, 3.05) is 24.8 Å². The van der Waals surface area contributed by atoms with Crippen LogP contribution in [0.2, 0.25) is 0 Å². The fourth-order valence-electron chi connectivity index (χ4n) is 2.84. The molecule has 2 N–H and O–H groups in total. The molecule has 10 heteroatoms. The Balaban J connectivity index is 2.20. The Kier molecular flexibility index (Phi) is 8.13. The van der Waals surface area contributed by atoms with Crippen LogP contribution in [0.15, 0.2) is 58.3 Å². The first-order valence-corrected chi connectivity index (χ1v) is 12.5. The first kappa shape index (κ1) is 24.0. The Labute approximate surface area is 177 Å². The minimum atomic E-state index is -3.73. The number of nitrogens with one attached hydrogen (secondary N) is 2. The molecule has 164 valence electrons. The lowest BCUT2D eigenvalue weighted by Crippen LogP contribution is -2.35. The highest BCUT2D eigenvalue weighted by molar-refractivity contribution is 7.91. The van der Waals surface area contributed by atoms with Crippen LogP contribution in [-0.4, -0.2) is 48.3 Å². The first-order chi connectivity index (χ1) is 14.1. The average molecular weight is 455 g/mol. The number of anilines is 1. The largest absolute Gasteiger partial charge is 0.383 e. The second-order valence-electron chi connectivity index (χ2n) is 6.77. The third kappa shape index (κ3) is 6.11. The predicted octanol–water partition coefficient (Wildman–Crippen LogP) is 2.44. The number of amides is 1. The van der Waals surface area contributed by atoms with Crippen molar-refractivity contribution in [1.29, 1.82) is 0 Å². The van der Waals surface area contributed by atoms with Gasteiger partial charge in [0.05, 0.1) is 27.7 Å². The van der Waals surface area contributed by atoms with Gasteiger partial charge in [-0.1, -0.05) is 19.1 Å². The second kappa shape index (κ2) is 10.2. The normalized spacial score (nSPS) is 13.0. The molecule has 0 aliphatic rings. The molecule has 0 saturated heterocycles. The van der Waals surface area contributed by atoms with E-state index < -0.39 is 31.8 Å². The van der Waals surface area contributed by atoms with E-state index >= 15 is 0 Å². The van der Waals surface area contributed by atoms with E-state index in [9.17, 15) is 21.6 Å². The molecule has 1 amide bonds. The van der Waals surface area contributed by atoms with Gasteiger partial charge in [0.25, 0.3) is 5.91 Å². The summed E-state index contributed by atoms with van der Waals surface area (Å²) >= 11 is 0. The summed E-state index contributed by atoms with van der Waals surface area (Å²) in [6.45, 7) is 3.66. The number of hydrogen-bond donors (Lipinski definition) is 2. The van der Waals surface area contributed by atoms with Crippen molar-refractivity contribution in [3.63, 3.8) is 0 Å².